The summed E-state index contributed by atoms with van der Waals surface area (Å²) in [6.07, 6.45) is 1.92. The third-order valence-corrected chi connectivity index (χ3v) is 6.39. The van der Waals surface area contributed by atoms with Crippen molar-refractivity contribution >= 4 is 11.8 Å². The Bertz CT molecular complexity index is 576. The Morgan fingerprint density at radius 2 is 2.00 bits per heavy atom. The topological polar surface area (TPSA) is 63.6 Å². The summed E-state index contributed by atoms with van der Waals surface area (Å²) in [5.41, 5.74) is 1.26. The van der Waals surface area contributed by atoms with Crippen molar-refractivity contribution in [3.05, 3.63) is 23.8 Å². The Morgan fingerprint density at radius 3 is 2.54 bits per heavy atom. The van der Waals surface area contributed by atoms with E-state index < -0.39 is 18.2 Å². The van der Waals surface area contributed by atoms with Gasteiger partial charge >= 0.3 is 5.97 Å². The van der Waals surface area contributed by atoms with Crippen molar-refractivity contribution in [1.29, 1.82) is 0 Å². The zero-order valence-corrected chi connectivity index (χ0v) is 15.5. The zero-order chi connectivity index (χ0) is 18.2. The second-order valence-corrected chi connectivity index (χ2v) is 7.95. The lowest BCUT2D eigenvalue weighted by molar-refractivity contribution is -0.187. The molecule has 2 saturated carbocycles. The smallest absolute Gasteiger partial charge is 0.333 e. The number of carbonyl (C=O) groups excluding carboxylic acids is 2. The van der Waals surface area contributed by atoms with Crippen LogP contribution in [0.2, 0.25) is 0 Å². The molecule has 0 radical (unpaired) electrons. The molecule has 2 rings (SSSR count). The van der Waals surface area contributed by atoms with Crippen LogP contribution < -0.4 is 0 Å². The molecule has 1 N–H and O–H groups in total. The van der Waals surface area contributed by atoms with E-state index in [2.05, 4.69) is 20.4 Å². The quantitative estimate of drug-likeness (QED) is 0.488. The molecule has 2 aliphatic carbocycles. The molecule has 134 valence electrons. The molecule has 0 aromatic heterocycles. The monoisotopic (exact) mass is 334 g/mol. The molecule has 6 atom stereocenters. The molecule has 0 unspecified atom stereocenters. The molecule has 4 nitrogen and oxygen atoms in total. The van der Waals surface area contributed by atoms with Gasteiger partial charge in [0.2, 0.25) is 0 Å². The number of hydrogen-bond donors (Lipinski definition) is 1. The summed E-state index contributed by atoms with van der Waals surface area (Å²) in [4.78, 5) is 24.5. The van der Waals surface area contributed by atoms with E-state index in [1.54, 1.807) is 19.9 Å². The summed E-state index contributed by atoms with van der Waals surface area (Å²) < 4.78 is 5.72. The SMILES string of the molecule is C=C(C)[C@H]1C[C@@]2(C)[C@H](C)CC(=O)C[C@@H]2[C@H](OC(=O)/C(C)=C\C)[C@@H]1O. The van der Waals surface area contributed by atoms with Crippen LogP contribution in [-0.4, -0.2) is 29.1 Å². The fraction of sp³-hybridized carbons (Fsp3) is 0.700. The second-order valence-electron chi connectivity index (χ2n) is 7.95. The molecule has 4 heteroatoms. The van der Waals surface area contributed by atoms with Gasteiger partial charge in [0.05, 0.1) is 6.10 Å². The van der Waals surface area contributed by atoms with E-state index in [9.17, 15) is 14.7 Å². The lowest BCUT2D eigenvalue weighted by Gasteiger charge is -2.55. The van der Waals surface area contributed by atoms with Gasteiger partial charge in [-0.1, -0.05) is 32.1 Å². The molecular weight excluding hydrogens is 304 g/mol. The molecule has 2 aliphatic rings. The van der Waals surface area contributed by atoms with Crippen LogP contribution in [0.25, 0.3) is 0 Å². The molecule has 0 heterocycles. The van der Waals surface area contributed by atoms with Gasteiger partial charge in [-0.05, 0) is 38.5 Å². The predicted octanol–water partition coefficient (Wildman–Crippen LogP) is 3.44. The van der Waals surface area contributed by atoms with Crippen molar-refractivity contribution in [2.75, 3.05) is 0 Å². The first-order valence-electron chi connectivity index (χ1n) is 8.80. The van der Waals surface area contributed by atoms with Crippen LogP contribution in [0, 0.1) is 23.2 Å². The number of carbonyl (C=O) groups is 2. The zero-order valence-electron chi connectivity index (χ0n) is 15.5. The highest BCUT2D eigenvalue weighted by molar-refractivity contribution is 5.88. The number of fused-ring (bicyclic) bond motifs is 1. The van der Waals surface area contributed by atoms with Gasteiger partial charge in [0, 0.05) is 30.3 Å². The lowest BCUT2D eigenvalue weighted by Crippen LogP contribution is -2.58. The summed E-state index contributed by atoms with van der Waals surface area (Å²) in [6, 6.07) is 0. The van der Waals surface area contributed by atoms with Crippen molar-refractivity contribution in [3.63, 3.8) is 0 Å². The van der Waals surface area contributed by atoms with Crippen molar-refractivity contribution in [2.24, 2.45) is 23.2 Å². The maximum Gasteiger partial charge on any atom is 0.333 e. The number of ketones is 1. The fourth-order valence-electron chi connectivity index (χ4n) is 4.36. The molecule has 24 heavy (non-hydrogen) atoms. The third kappa shape index (κ3) is 3.21. The second kappa shape index (κ2) is 6.83. The molecule has 0 spiro atoms. The van der Waals surface area contributed by atoms with E-state index in [0.29, 0.717) is 18.4 Å². The van der Waals surface area contributed by atoms with E-state index in [1.165, 1.54) is 0 Å². The first kappa shape index (κ1) is 18.9. The van der Waals surface area contributed by atoms with Crippen LogP contribution in [0.15, 0.2) is 23.8 Å². The maximum absolute atomic E-state index is 12.3. The normalized spacial score (nSPS) is 40.0. The summed E-state index contributed by atoms with van der Waals surface area (Å²) in [5.74, 6) is -0.299. The fourth-order valence-corrected chi connectivity index (χ4v) is 4.36. The average molecular weight is 334 g/mol. The van der Waals surface area contributed by atoms with Crippen LogP contribution in [0.4, 0.5) is 0 Å². The number of aliphatic hydroxyl groups excluding tert-OH is 1. The Morgan fingerprint density at radius 1 is 1.38 bits per heavy atom. The number of rotatable bonds is 3. The molecule has 2 fully saturated rings. The minimum atomic E-state index is -0.813. The summed E-state index contributed by atoms with van der Waals surface area (Å²) in [7, 11) is 0. The van der Waals surface area contributed by atoms with Crippen molar-refractivity contribution in [2.45, 2.75) is 66.1 Å². The lowest BCUT2D eigenvalue weighted by atomic mass is 9.51. The van der Waals surface area contributed by atoms with Crippen LogP contribution in [0.1, 0.15) is 53.9 Å². The van der Waals surface area contributed by atoms with Crippen molar-refractivity contribution in [3.8, 4) is 0 Å². The minimum Gasteiger partial charge on any atom is -0.456 e. The summed E-state index contributed by atoms with van der Waals surface area (Å²) >= 11 is 0. The molecule has 0 aromatic rings. The van der Waals surface area contributed by atoms with Gasteiger partial charge in [-0.3, -0.25) is 4.79 Å². The van der Waals surface area contributed by atoms with E-state index >= 15 is 0 Å². The van der Waals surface area contributed by atoms with E-state index in [-0.39, 0.29) is 29.0 Å². The third-order valence-electron chi connectivity index (χ3n) is 6.39. The summed E-state index contributed by atoms with van der Waals surface area (Å²) in [5, 5.41) is 10.9. The predicted molar refractivity (Wildman–Crippen MR) is 93.2 cm³/mol. The highest BCUT2D eigenvalue weighted by Crippen LogP contribution is 2.55. The molecule has 0 aliphatic heterocycles. The van der Waals surface area contributed by atoms with Gasteiger partial charge in [-0.25, -0.2) is 4.79 Å². The van der Waals surface area contributed by atoms with Gasteiger partial charge in [0.15, 0.2) is 0 Å². The minimum absolute atomic E-state index is 0.120. The van der Waals surface area contributed by atoms with Gasteiger partial charge in [0.25, 0.3) is 0 Å². The Labute approximate surface area is 145 Å². The number of hydrogen-bond acceptors (Lipinski definition) is 4. The molecule has 0 saturated heterocycles. The largest absolute Gasteiger partial charge is 0.456 e. The maximum atomic E-state index is 12.3. The molecule has 0 bridgehead atoms. The Balaban J connectivity index is 2.40. The van der Waals surface area contributed by atoms with Gasteiger partial charge < -0.3 is 9.84 Å². The molecule has 0 amide bonds. The van der Waals surface area contributed by atoms with E-state index in [0.717, 1.165) is 12.0 Å². The average Bonchev–Trinajstić information content (AvgIpc) is 2.51. The number of esters is 1. The van der Waals surface area contributed by atoms with Crippen molar-refractivity contribution in [1.82, 2.24) is 0 Å². The number of allylic oxidation sites excluding steroid dienone is 1. The van der Waals surface area contributed by atoms with Crippen LogP contribution >= 0.6 is 0 Å². The highest BCUT2D eigenvalue weighted by Gasteiger charge is 2.56. The standard InChI is InChI=1S/C20H30O4/c1-7-12(4)19(23)24-18-16-9-14(21)8-13(5)20(16,6)10-15(11(2)3)17(18)22/h7,13,15-18,22H,2,8-10H2,1,3-6H3/b12-7-/t13-,15-,16-,17-,18+,20+/m1/s1. The number of Topliss-reactive ketones (excluding diaryl/α,β-unsaturated/α-hetero) is 1. The molecular formula is C20H30O4. The van der Waals surface area contributed by atoms with Gasteiger partial charge in [-0.15, -0.1) is 0 Å². The number of ether oxygens (including phenoxy) is 1. The Kier molecular flexibility index (Phi) is 5.38. The first-order chi connectivity index (χ1) is 11.1. The van der Waals surface area contributed by atoms with Crippen LogP contribution in [0.5, 0.6) is 0 Å². The van der Waals surface area contributed by atoms with Gasteiger partial charge in [0.1, 0.15) is 11.9 Å². The molecule has 0 aromatic carbocycles. The number of aliphatic hydroxyl groups is 1. The Hall–Kier alpha value is -1.42. The van der Waals surface area contributed by atoms with Crippen LogP contribution in [-0.2, 0) is 14.3 Å². The van der Waals surface area contributed by atoms with E-state index in [1.807, 2.05) is 6.92 Å². The van der Waals surface area contributed by atoms with Gasteiger partial charge in [-0.2, -0.15) is 0 Å². The first-order valence-corrected chi connectivity index (χ1v) is 8.80. The van der Waals surface area contributed by atoms with E-state index in [4.69, 9.17) is 4.74 Å². The van der Waals surface area contributed by atoms with Crippen LogP contribution in [0.3, 0.4) is 0 Å². The summed E-state index contributed by atoms with van der Waals surface area (Å²) in [6.45, 7) is 13.7. The highest BCUT2D eigenvalue weighted by atomic mass is 16.6. The van der Waals surface area contributed by atoms with Crippen molar-refractivity contribution < 1.29 is 19.4 Å².